The van der Waals surface area contributed by atoms with Crippen molar-refractivity contribution in [1.29, 1.82) is 0 Å². The minimum Gasteiger partial charge on any atom is -0.310 e. The number of rotatable bonds is 6. The average Bonchev–Trinajstić information content (AvgIpc) is 3.61. The molecule has 62 heavy (non-hydrogen) atoms. The van der Waals surface area contributed by atoms with Gasteiger partial charge in [-0.15, -0.1) is 0 Å². The van der Waals surface area contributed by atoms with Crippen LogP contribution in [0.1, 0.15) is 114 Å². The summed E-state index contributed by atoms with van der Waals surface area (Å²) in [6, 6.07) is 50.4. The van der Waals surface area contributed by atoms with Gasteiger partial charge in [-0.1, -0.05) is 139 Å². The van der Waals surface area contributed by atoms with Crippen molar-refractivity contribution >= 4 is 63.4 Å². The van der Waals surface area contributed by atoms with Crippen LogP contribution in [0.2, 0.25) is 0 Å². The maximum absolute atomic E-state index is 3.68. The van der Waals surface area contributed by atoms with Gasteiger partial charge in [0, 0.05) is 49.4 Å². The summed E-state index contributed by atoms with van der Waals surface area (Å²) in [6.45, 7) is 28.2. The smallest absolute Gasteiger partial charge is 0.139 e. The van der Waals surface area contributed by atoms with Crippen LogP contribution in [0.5, 0.6) is 0 Å². The maximum Gasteiger partial charge on any atom is 0.139 e. The maximum atomic E-state index is 3.68. The van der Waals surface area contributed by atoms with Gasteiger partial charge in [-0.25, -0.2) is 0 Å². The summed E-state index contributed by atoms with van der Waals surface area (Å²) in [6.07, 6.45) is 0. The van der Waals surface area contributed by atoms with Crippen molar-refractivity contribution in [1.82, 2.24) is 0 Å². The second-order valence-corrected chi connectivity index (χ2v) is 22.0. The van der Waals surface area contributed by atoms with Gasteiger partial charge in [0.15, 0.2) is 0 Å². The van der Waals surface area contributed by atoms with Crippen LogP contribution in [-0.2, 0) is 21.7 Å². The summed E-state index contributed by atoms with van der Waals surface area (Å²) >= 11 is 3.68. The Hall–Kier alpha value is -5.32. The van der Waals surface area contributed by atoms with E-state index in [1.165, 1.54) is 89.3 Å². The third-order valence-corrected chi connectivity index (χ3v) is 14.5. The topological polar surface area (TPSA) is 6.48 Å². The molecule has 0 saturated heterocycles. The van der Waals surface area contributed by atoms with Crippen LogP contribution >= 0.6 is 15.9 Å². The number of anilines is 6. The minimum atomic E-state index is -0.208. The van der Waals surface area contributed by atoms with Crippen molar-refractivity contribution in [2.45, 2.75) is 105 Å². The van der Waals surface area contributed by atoms with Gasteiger partial charge < -0.3 is 9.80 Å². The predicted molar refractivity (Wildman–Crippen MR) is 274 cm³/mol. The van der Waals surface area contributed by atoms with Crippen LogP contribution in [0.25, 0.3) is 22.3 Å². The van der Waals surface area contributed by atoms with Gasteiger partial charge in [-0.2, -0.15) is 0 Å². The molecule has 0 aromatic heterocycles. The van der Waals surface area contributed by atoms with Crippen molar-refractivity contribution < 1.29 is 0 Å². The summed E-state index contributed by atoms with van der Waals surface area (Å²) in [4.78, 5) is 4.84. The Morgan fingerprint density at radius 1 is 0.435 bits per heavy atom. The molecule has 0 radical (unpaired) electrons. The van der Waals surface area contributed by atoms with E-state index in [4.69, 9.17) is 0 Å². The van der Waals surface area contributed by atoms with Crippen molar-refractivity contribution in [2.24, 2.45) is 0 Å². The van der Waals surface area contributed by atoms with Crippen molar-refractivity contribution in [2.75, 3.05) is 9.80 Å². The summed E-state index contributed by atoms with van der Waals surface area (Å²) < 4.78 is 1.07. The lowest BCUT2D eigenvalue weighted by molar-refractivity contribution is 0.590. The quantitative estimate of drug-likeness (QED) is 0.154. The molecule has 0 aliphatic heterocycles. The second-order valence-electron chi connectivity index (χ2n) is 21.0. The first-order valence-electron chi connectivity index (χ1n) is 22.3. The molecule has 0 amide bonds. The number of halogens is 1. The fraction of sp³-hybridized carbons (Fsp3) is 0.276. The van der Waals surface area contributed by atoms with E-state index in [9.17, 15) is 0 Å². The molecule has 0 spiro atoms. The normalized spacial score (nSPS) is 14.5. The lowest BCUT2D eigenvalue weighted by Gasteiger charge is -2.30. The summed E-state index contributed by atoms with van der Waals surface area (Å²) in [5.41, 5.74) is 24.7. The van der Waals surface area contributed by atoms with Gasteiger partial charge >= 0.3 is 0 Å². The second kappa shape index (κ2) is 14.6. The lowest BCUT2D eigenvalue weighted by Crippen LogP contribution is -2.20. The van der Waals surface area contributed by atoms with Gasteiger partial charge in [-0.3, -0.25) is 0 Å². The van der Waals surface area contributed by atoms with Gasteiger partial charge in [0.2, 0.25) is 0 Å². The van der Waals surface area contributed by atoms with Crippen LogP contribution < -0.4 is 15.3 Å². The Bertz CT molecular complexity index is 2670. The first-order valence-corrected chi connectivity index (χ1v) is 23.1. The van der Waals surface area contributed by atoms with Crippen LogP contribution in [0.15, 0.2) is 138 Å². The molecule has 9 rings (SSSR count). The van der Waals surface area contributed by atoms with E-state index in [2.05, 4.69) is 250 Å². The summed E-state index contributed by atoms with van der Waals surface area (Å²) in [5, 5.41) is 0. The molecule has 0 unspecified atom stereocenters. The molecule has 7 aromatic carbocycles. The number of fused-ring (bicyclic) bond motifs is 6. The van der Waals surface area contributed by atoms with Gasteiger partial charge in [-0.05, 0) is 176 Å². The zero-order valence-electron chi connectivity index (χ0n) is 39.0. The Morgan fingerprint density at radius 2 is 0.742 bits per heavy atom. The third-order valence-electron chi connectivity index (χ3n) is 14.0. The molecule has 4 heteroatoms. The molecular formula is C58H60BBrN2. The van der Waals surface area contributed by atoms with E-state index < -0.39 is 0 Å². The number of benzene rings is 7. The molecule has 312 valence electrons. The Kier molecular flexibility index (Phi) is 9.91. The Labute approximate surface area is 380 Å². The first-order chi connectivity index (χ1) is 29.2. The molecule has 7 aromatic rings. The zero-order chi connectivity index (χ0) is 44.3. The molecule has 0 fully saturated rings. The molecule has 0 saturated carbocycles. The molecule has 2 aliphatic carbocycles. The van der Waals surface area contributed by atoms with Gasteiger partial charge in [0.1, 0.15) is 7.85 Å². The fourth-order valence-corrected chi connectivity index (χ4v) is 11.0. The van der Waals surface area contributed by atoms with E-state index in [0.717, 1.165) is 21.5 Å². The predicted octanol–water partition coefficient (Wildman–Crippen LogP) is 15.5. The highest BCUT2D eigenvalue weighted by Gasteiger charge is 2.46. The Balaban J connectivity index is 1.16. The summed E-state index contributed by atoms with van der Waals surface area (Å²) in [5.74, 6) is 0. The van der Waals surface area contributed by atoms with Crippen LogP contribution in [0.3, 0.4) is 0 Å². The number of hydrogen-bond donors (Lipinski definition) is 0. The number of nitrogens with zero attached hydrogens (tertiary/aromatic N) is 2. The Morgan fingerprint density at radius 3 is 1.08 bits per heavy atom. The molecule has 0 atom stereocenters. The van der Waals surface area contributed by atoms with E-state index in [1.807, 2.05) is 0 Å². The van der Waals surface area contributed by atoms with Crippen molar-refractivity contribution in [3.8, 4) is 22.3 Å². The van der Waals surface area contributed by atoms with Crippen molar-refractivity contribution in [3.63, 3.8) is 0 Å². The van der Waals surface area contributed by atoms with Crippen LogP contribution in [0, 0.1) is 13.8 Å². The van der Waals surface area contributed by atoms with Crippen molar-refractivity contribution in [3.05, 3.63) is 182 Å². The molecule has 2 nitrogen and oxygen atoms in total. The fourth-order valence-electron chi connectivity index (χ4n) is 10.7. The monoisotopic (exact) mass is 874 g/mol. The van der Waals surface area contributed by atoms with Gasteiger partial charge in [0.05, 0.1) is 0 Å². The lowest BCUT2D eigenvalue weighted by atomic mass is 9.74. The van der Waals surface area contributed by atoms with Crippen LogP contribution in [-0.4, -0.2) is 7.85 Å². The first kappa shape index (κ1) is 42.0. The zero-order valence-corrected chi connectivity index (χ0v) is 40.6. The standard InChI is InChI=1S/C58H60BBrN2/c1-35-51-47-31-29-45(61(43-25-17-39(59)18-26-43)41-21-13-37(14-22-41)55(3,4)5)33-49(47)57(9,10)53(51)36(2)52-48-32-30-46(34-50(48)58(11,12)54(35)52)62(44-27-19-40(60)20-28-44)42-23-15-38(16-24-42)56(6,7)8/h13-34H,59H2,1-12H3. The average molecular weight is 876 g/mol. The van der Waals surface area contributed by atoms with E-state index in [-0.39, 0.29) is 21.7 Å². The van der Waals surface area contributed by atoms with E-state index in [0.29, 0.717) is 0 Å². The molecular weight excluding hydrogens is 815 g/mol. The van der Waals surface area contributed by atoms with Crippen LogP contribution in [0.4, 0.5) is 34.1 Å². The SMILES string of the molecule is Bc1ccc(N(c2ccc(C(C)(C)C)cc2)c2ccc3c(c2)C(C)(C)c2c(C)c4c(c(C)c2-3)C(C)(C)c2cc(N(c3ccc(Br)cc3)c3ccc(C(C)(C)C)cc3)ccc2-4)cc1. The molecule has 2 aliphatic rings. The molecule has 0 bridgehead atoms. The summed E-state index contributed by atoms with van der Waals surface area (Å²) in [7, 11) is 2.16. The molecule has 0 heterocycles. The largest absolute Gasteiger partial charge is 0.310 e. The number of hydrogen-bond acceptors (Lipinski definition) is 2. The highest BCUT2D eigenvalue weighted by Crippen LogP contribution is 2.61. The molecule has 0 N–H and O–H groups in total. The minimum absolute atomic E-state index is 0.0818. The van der Waals surface area contributed by atoms with E-state index >= 15 is 0 Å². The van der Waals surface area contributed by atoms with Gasteiger partial charge in [0.25, 0.3) is 0 Å². The highest BCUT2D eigenvalue weighted by atomic mass is 79.9. The van der Waals surface area contributed by atoms with E-state index in [1.54, 1.807) is 0 Å². The third kappa shape index (κ3) is 6.76. The highest BCUT2D eigenvalue weighted by molar-refractivity contribution is 9.10.